The molecular formula is C17H15I3NO4-. The Morgan fingerprint density at radius 2 is 1.64 bits per heavy atom. The minimum Gasteiger partial charge on any atom is -0.550 e. The molecule has 1 unspecified atom stereocenters. The van der Waals surface area contributed by atoms with Gasteiger partial charge in [0.15, 0.2) is 0 Å². The van der Waals surface area contributed by atoms with E-state index in [9.17, 15) is 19.5 Å². The molecule has 8 heteroatoms. The zero-order valence-electron chi connectivity index (χ0n) is 13.8. The first kappa shape index (κ1) is 21.1. The average molecular weight is 678 g/mol. The molecule has 1 aromatic rings. The molecule has 1 aliphatic rings. The third kappa shape index (κ3) is 3.89. The number of halogens is 3. The maximum absolute atomic E-state index is 12.5. The van der Waals surface area contributed by atoms with E-state index in [-0.39, 0.29) is 11.8 Å². The predicted octanol–water partition coefficient (Wildman–Crippen LogP) is 3.03. The summed E-state index contributed by atoms with van der Waals surface area (Å²) in [5.41, 5.74) is 2.25. The fraction of sp³-hybridized carbons (Fsp3) is 0.353. The number of aliphatic carboxylic acids is 1. The van der Waals surface area contributed by atoms with Gasteiger partial charge in [0, 0.05) is 33.7 Å². The Balaban J connectivity index is 2.58. The summed E-state index contributed by atoms with van der Waals surface area (Å²) in [6, 6.07) is 1.87. The minimum absolute atomic E-state index is 0.306. The summed E-state index contributed by atoms with van der Waals surface area (Å²) in [7, 11) is 0. The first-order valence-electron chi connectivity index (χ1n) is 7.55. The Labute approximate surface area is 187 Å². The van der Waals surface area contributed by atoms with Crippen LogP contribution in [0.4, 0.5) is 5.69 Å². The summed E-state index contributed by atoms with van der Waals surface area (Å²) in [6.45, 7) is 5.09. The second-order valence-electron chi connectivity index (χ2n) is 5.81. The molecule has 1 aliphatic heterocycles. The van der Waals surface area contributed by atoms with E-state index in [2.05, 4.69) is 67.8 Å². The van der Waals surface area contributed by atoms with E-state index in [4.69, 9.17) is 0 Å². The number of rotatable bonds is 5. The molecule has 25 heavy (non-hydrogen) atoms. The van der Waals surface area contributed by atoms with Crippen molar-refractivity contribution in [1.82, 2.24) is 0 Å². The van der Waals surface area contributed by atoms with E-state index in [1.165, 1.54) is 4.90 Å². The molecule has 0 aliphatic carbocycles. The van der Waals surface area contributed by atoms with E-state index in [0.29, 0.717) is 29.7 Å². The first-order valence-corrected chi connectivity index (χ1v) is 10.8. The van der Waals surface area contributed by atoms with Crippen molar-refractivity contribution >= 4 is 91.2 Å². The number of carbonyl (C=O) groups excluding carboxylic acids is 3. The first-order chi connectivity index (χ1) is 11.6. The number of hydrogen-bond acceptors (Lipinski definition) is 4. The average Bonchev–Trinajstić information content (AvgIpc) is 2.72. The van der Waals surface area contributed by atoms with Crippen molar-refractivity contribution in [1.29, 1.82) is 0 Å². The lowest BCUT2D eigenvalue weighted by Crippen LogP contribution is -2.34. The number of nitrogens with zero attached hydrogens (tertiary/aromatic N) is 1. The van der Waals surface area contributed by atoms with Gasteiger partial charge >= 0.3 is 0 Å². The van der Waals surface area contributed by atoms with Crippen LogP contribution in [0, 0.1) is 16.6 Å². The van der Waals surface area contributed by atoms with Crippen LogP contribution >= 0.6 is 67.8 Å². The van der Waals surface area contributed by atoms with Crippen molar-refractivity contribution in [2.75, 3.05) is 4.90 Å². The summed E-state index contributed by atoms with van der Waals surface area (Å²) < 4.78 is 2.42. The standard InChI is InChI=1S/C17H16I3NO4/c1-4-9(17(24)25)5-10-11(18)6-12(19)14(13(10)20)21-15(22)7(2)8(3)16(21)23/h6,9H,4-5H2,1-3H3,(H,24,25)/p-1. The van der Waals surface area contributed by atoms with Crippen LogP contribution in [0.25, 0.3) is 0 Å². The number of amides is 2. The van der Waals surface area contributed by atoms with Crippen LogP contribution in [0.3, 0.4) is 0 Å². The van der Waals surface area contributed by atoms with Gasteiger partial charge in [-0.15, -0.1) is 0 Å². The SMILES string of the molecule is CCC(Cc1c(I)cc(I)c(N2C(=O)C(C)=C(C)C2=O)c1I)C(=O)[O-]. The maximum atomic E-state index is 12.5. The molecule has 0 spiro atoms. The molecule has 0 radical (unpaired) electrons. The Morgan fingerprint density at radius 3 is 2.08 bits per heavy atom. The summed E-state index contributed by atoms with van der Waals surface area (Å²) in [5, 5.41) is 11.3. The predicted molar refractivity (Wildman–Crippen MR) is 118 cm³/mol. The number of carboxylic acid groups (broad SMARTS) is 1. The van der Waals surface area contributed by atoms with E-state index in [0.717, 1.165) is 16.3 Å². The van der Waals surface area contributed by atoms with Gasteiger partial charge in [0.05, 0.1) is 5.69 Å². The lowest BCUT2D eigenvalue weighted by Gasteiger charge is -2.24. The maximum Gasteiger partial charge on any atom is 0.261 e. The third-order valence-corrected chi connectivity index (χ3v) is 7.30. The van der Waals surface area contributed by atoms with E-state index in [1.54, 1.807) is 20.8 Å². The van der Waals surface area contributed by atoms with Crippen molar-refractivity contribution in [3.63, 3.8) is 0 Å². The van der Waals surface area contributed by atoms with Crippen LogP contribution in [0.2, 0.25) is 0 Å². The lowest BCUT2D eigenvalue weighted by atomic mass is 9.96. The van der Waals surface area contributed by atoms with Crippen molar-refractivity contribution in [3.8, 4) is 0 Å². The summed E-state index contributed by atoms with van der Waals surface area (Å²) in [5.74, 6) is -2.34. The van der Waals surface area contributed by atoms with Gasteiger partial charge in [-0.1, -0.05) is 6.92 Å². The number of anilines is 1. The topological polar surface area (TPSA) is 77.5 Å². The number of hydrogen-bond donors (Lipinski definition) is 0. The van der Waals surface area contributed by atoms with Crippen LogP contribution in [0.15, 0.2) is 17.2 Å². The van der Waals surface area contributed by atoms with Crippen LogP contribution < -0.4 is 10.0 Å². The number of benzene rings is 1. The Kier molecular flexibility index (Phi) is 6.90. The van der Waals surface area contributed by atoms with Crippen LogP contribution in [-0.4, -0.2) is 17.8 Å². The highest BCUT2D eigenvalue weighted by Gasteiger charge is 2.37. The quantitative estimate of drug-likeness (QED) is 0.355. The zero-order chi connectivity index (χ0) is 19.0. The van der Waals surface area contributed by atoms with Gasteiger partial charge in [0.25, 0.3) is 11.8 Å². The summed E-state index contributed by atoms with van der Waals surface area (Å²) in [6.07, 6.45) is 0.762. The highest BCUT2D eigenvalue weighted by molar-refractivity contribution is 14.1. The molecule has 0 fully saturated rings. The molecule has 2 rings (SSSR count). The monoisotopic (exact) mass is 678 g/mol. The molecule has 5 nitrogen and oxygen atoms in total. The fourth-order valence-electron chi connectivity index (χ4n) is 2.60. The molecule has 0 aromatic heterocycles. The molecule has 1 heterocycles. The molecular weight excluding hydrogens is 663 g/mol. The molecule has 0 saturated heterocycles. The van der Waals surface area contributed by atoms with Gasteiger partial charge in [0.1, 0.15) is 0 Å². The number of imide groups is 1. The fourth-order valence-corrected chi connectivity index (χ4v) is 6.90. The van der Waals surface area contributed by atoms with E-state index >= 15 is 0 Å². The largest absolute Gasteiger partial charge is 0.550 e. The van der Waals surface area contributed by atoms with Gasteiger partial charge in [-0.25, -0.2) is 4.90 Å². The Morgan fingerprint density at radius 1 is 1.12 bits per heavy atom. The highest BCUT2D eigenvalue weighted by atomic mass is 127. The smallest absolute Gasteiger partial charge is 0.261 e. The molecule has 2 amide bonds. The summed E-state index contributed by atoms with van der Waals surface area (Å²) >= 11 is 6.37. The highest BCUT2D eigenvalue weighted by Crippen LogP contribution is 2.38. The molecule has 1 atom stereocenters. The number of carboxylic acids is 1. The summed E-state index contributed by atoms with van der Waals surface area (Å²) in [4.78, 5) is 37.6. The van der Waals surface area contributed by atoms with E-state index < -0.39 is 11.9 Å². The molecule has 134 valence electrons. The minimum atomic E-state index is -1.09. The molecule has 0 saturated carbocycles. The lowest BCUT2D eigenvalue weighted by molar-refractivity contribution is -0.311. The Bertz CT molecular complexity index is 793. The van der Waals surface area contributed by atoms with Gasteiger partial charge in [-0.3, -0.25) is 9.59 Å². The van der Waals surface area contributed by atoms with Gasteiger partial charge in [-0.05, 0) is 106 Å². The Hall–Kier alpha value is -0.240. The second-order valence-corrected chi connectivity index (χ2v) is 9.21. The molecule has 1 aromatic carbocycles. The van der Waals surface area contributed by atoms with Crippen molar-refractivity contribution in [2.45, 2.75) is 33.6 Å². The van der Waals surface area contributed by atoms with Crippen molar-refractivity contribution < 1.29 is 19.5 Å². The normalized spacial score (nSPS) is 16.0. The second kappa shape index (κ2) is 8.19. The van der Waals surface area contributed by atoms with E-state index in [1.807, 2.05) is 6.07 Å². The number of carbonyl (C=O) groups is 3. The van der Waals surface area contributed by atoms with Crippen LogP contribution in [-0.2, 0) is 20.8 Å². The third-order valence-electron chi connectivity index (χ3n) is 4.35. The molecule has 0 bridgehead atoms. The van der Waals surface area contributed by atoms with Crippen molar-refractivity contribution in [3.05, 3.63) is 33.5 Å². The zero-order valence-corrected chi connectivity index (χ0v) is 20.3. The van der Waals surface area contributed by atoms with Gasteiger partial charge in [0.2, 0.25) is 0 Å². The van der Waals surface area contributed by atoms with Gasteiger partial charge < -0.3 is 9.90 Å². The van der Waals surface area contributed by atoms with Crippen molar-refractivity contribution in [2.24, 2.45) is 5.92 Å². The molecule has 0 N–H and O–H groups in total. The van der Waals surface area contributed by atoms with Crippen LogP contribution in [0.5, 0.6) is 0 Å². The van der Waals surface area contributed by atoms with Gasteiger partial charge in [-0.2, -0.15) is 0 Å². The van der Waals surface area contributed by atoms with Crippen LogP contribution in [0.1, 0.15) is 32.8 Å².